The lowest BCUT2D eigenvalue weighted by atomic mass is 10.2. The number of nitrogen functional groups attached to an aromatic ring is 1. The molecule has 1 heterocycles. The van der Waals surface area contributed by atoms with E-state index in [0.717, 1.165) is 0 Å². The number of nitrogens with two attached hydrogens (primary N) is 1. The van der Waals surface area contributed by atoms with Crippen LogP contribution >= 0.6 is 0 Å². The molecule has 3 aromatic rings. The summed E-state index contributed by atoms with van der Waals surface area (Å²) >= 11 is 0. The van der Waals surface area contributed by atoms with Crippen molar-refractivity contribution in [2.45, 2.75) is 0 Å². The Bertz CT molecular complexity index is 840. The maximum atomic E-state index is 12.4. The van der Waals surface area contributed by atoms with E-state index in [1.807, 2.05) is 18.2 Å². The van der Waals surface area contributed by atoms with Gasteiger partial charge in [0.15, 0.2) is 0 Å². The van der Waals surface area contributed by atoms with Gasteiger partial charge in [0.2, 0.25) is 0 Å². The van der Waals surface area contributed by atoms with Crippen LogP contribution in [0.15, 0.2) is 53.6 Å². The SMILES string of the molecule is COc1ccc(-n2cnc3ccccc3c2=O)cc1N. The maximum absolute atomic E-state index is 12.4. The summed E-state index contributed by atoms with van der Waals surface area (Å²) in [7, 11) is 1.55. The molecule has 2 aromatic carbocycles. The lowest BCUT2D eigenvalue weighted by molar-refractivity contribution is 0.417. The number of benzene rings is 2. The molecule has 0 saturated heterocycles. The van der Waals surface area contributed by atoms with E-state index in [0.29, 0.717) is 28.0 Å². The highest BCUT2D eigenvalue weighted by atomic mass is 16.5. The minimum atomic E-state index is -0.125. The number of nitrogens with zero attached hydrogens (tertiary/aromatic N) is 2. The number of hydrogen-bond acceptors (Lipinski definition) is 4. The smallest absolute Gasteiger partial charge is 0.265 e. The van der Waals surface area contributed by atoms with Crippen molar-refractivity contribution >= 4 is 16.6 Å². The van der Waals surface area contributed by atoms with Crippen LogP contribution in [0.2, 0.25) is 0 Å². The molecule has 3 rings (SSSR count). The van der Waals surface area contributed by atoms with E-state index in [1.54, 1.807) is 31.4 Å². The molecule has 100 valence electrons. The topological polar surface area (TPSA) is 70.1 Å². The van der Waals surface area contributed by atoms with Crippen LogP contribution in [0.3, 0.4) is 0 Å². The first-order valence-corrected chi connectivity index (χ1v) is 6.11. The summed E-state index contributed by atoms with van der Waals surface area (Å²) in [6, 6.07) is 12.4. The molecule has 5 nitrogen and oxygen atoms in total. The van der Waals surface area contributed by atoms with Crippen molar-refractivity contribution < 1.29 is 4.74 Å². The molecule has 0 radical (unpaired) electrons. The van der Waals surface area contributed by atoms with Crippen molar-refractivity contribution in [3.8, 4) is 11.4 Å². The van der Waals surface area contributed by atoms with Gasteiger partial charge in [-0.2, -0.15) is 0 Å². The van der Waals surface area contributed by atoms with Crippen molar-refractivity contribution in [3.63, 3.8) is 0 Å². The zero-order chi connectivity index (χ0) is 14.1. The second-order valence-electron chi connectivity index (χ2n) is 4.36. The van der Waals surface area contributed by atoms with Gasteiger partial charge in [0, 0.05) is 0 Å². The molecule has 0 aliphatic carbocycles. The first kappa shape index (κ1) is 12.2. The molecule has 0 atom stereocenters. The van der Waals surface area contributed by atoms with Gasteiger partial charge in [0.05, 0.1) is 29.4 Å². The van der Waals surface area contributed by atoms with E-state index in [2.05, 4.69) is 4.98 Å². The van der Waals surface area contributed by atoms with Gasteiger partial charge in [-0.25, -0.2) is 4.98 Å². The van der Waals surface area contributed by atoms with Crippen LogP contribution in [0.25, 0.3) is 16.6 Å². The Morgan fingerprint density at radius 2 is 2.00 bits per heavy atom. The first-order valence-electron chi connectivity index (χ1n) is 6.11. The quantitative estimate of drug-likeness (QED) is 0.721. The van der Waals surface area contributed by atoms with Crippen LogP contribution in [-0.2, 0) is 0 Å². The van der Waals surface area contributed by atoms with Crippen LogP contribution in [0.5, 0.6) is 5.75 Å². The fourth-order valence-electron chi connectivity index (χ4n) is 2.12. The van der Waals surface area contributed by atoms with Crippen molar-refractivity contribution in [2.75, 3.05) is 12.8 Å². The van der Waals surface area contributed by atoms with Crippen molar-refractivity contribution in [1.82, 2.24) is 9.55 Å². The number of aromatic nitrogens is 2. The Balaban J connectivity index is 2.22. The minimum absolute atomic E-state index is 0.125. The summed E-state index contributed by atoms with van der Waals surface area (Å²) in [5, 5.41) is 0.574. The predicted molar refractivity (Wildman–Crippen MR) is 78.3 cm³/mol. The van der Waals surface area contributed by atoms with Crippen LogP contribution in [0.4, 0.5) is 5.69 Å². The van der Waals surface area contributed by atoms with E-state index in [1.165, 1.54) is 10.9 Å². The van der Waals surface area contributed by atoms with Crippen LogP contribution in [0, 0.1) is 0 Å². The molecule has 0 bridgehead atoms. The molecule has 5 heteroatoms. The second kappa shape index (κ2) is 4.70. The molecule has 0 aliphatic rings. The summed E-state index contributed by atoms with van der Waals surface area (Å²) in [4.78, 5) is 16.7. The second-order valence-corrected chi connectivity index (χ2v) is 4.36. The fourth-order valence-corrected chi connectivity index (χ4v) is 2.12. The summed E-state index contributed by atoms with van der Waals surface area (Å²) in [5.41, 5.74) is 7.56. The summed E-state index contributed by atoms with van der Waals surface area (Å²) in [5.74, 6) is 0.579. The molecule has 0 spiro atoms. The first-order chi connectivity index (χ1) is 9.70. The molecule has 0 saturated carbocycles. The van der Waals surface area contributed by atoms with Gasteiger partial charge in [-0.1, -0.05) is 12.1 Å². The molecule has 0 fully saturated rings. The van der Waals surface area contributed by atoms with E-state index in [4.69, 9.17) is 10.5 Å². The molecule has 2 N–H and O–H groups in total. The lowest BCUT2D eigenvalue weighted by Crippen LogP contribution is -2.18. The molecule has 0 aliphatic heterocycles. The molecule has 1 aromatic heterocycles. The number of ether oxygens (including phenoxy) is 1. The van der Waals surface area contributed by atoms with E-state index in [-0.39, 0.29) is 5.56 Å². The number of para-hydroxylation sites is 1. The standard InChI is InChI=1S/C15H13N3O2/c1-20-14-7-6-10(8-12(14)16)18-9-17-13-5-3-2-4-11(13)15(18)19/h2-9H,16H2,1H3. The number of hydrogen-bond donors (Lipinski definition) is 1. The Labute approximate surface area is 115 Å². The average molecular weight is 267 g/mol. The Hall–Kier alpha value is -2.82. The Kier molecular flexibility index (Phi) is 2.87. The van der Waals surface area contributed by atoms with Crippen LogP contribution in [0.1, 0.15) is 0 Å². The van der Waals surface area contributed by atoms with Gasteiger partial charge in [0.25, 0.3) is 5.56 Å². The lowest BCUT2D eigenvalue weighted by Gasteiger charge is -2.09. The van der Waals surface area contributed by atoms with Gasteiger partial charge < -0.3 is 10.5 Å². The third kappa shape index (κ3) is 1.89. The van der Waals surface area contributed by atoms with Gasteiger partial charge in [-0.3, -0.25) is 9.36 Å². The molecule has 20 heavy (non-hydrogen) atoms. The monoisotopic (exact) mass is 267 g/mol. The zero-order valence-electron chi connectivity index (χ0n) is 10.9. The van der Waals surface area contributed by atoms with Gasteiger partial charge in [-0.05, 0) is 30.3 Å². The fraction of sp³-hybridized carbons (Fsp3) is 0.0667. The summed E-state index contributed by atoms with van der Waals surface area (Å²) in [6.45, 7) is 0. The molecule has 0 unspecified atom stereocenters. The van der Waals surface area contributed by atoms with Crippen LogP contribution < -0.4 is 16.0 Å². The number of fused-ring (bicyclic) bond motifs is 1. The molecule has 0 amide bonds. The number of anilines is 1. The summed E-state index contributed by atoms with van der Waals surface area (Å²) in [6.07, 6.45) is 1.51. The van der Waals surface area contributed by atoms with Gasteiger partial charge in [0.1, 0.15) is 12.1 Å². The average Bonchev–Trinajstić information content (AvgIpc) is 2.48. The molecular weight excluding hydrogens is 254 g/mol. The van der Waals surface area contributed by atoms with Crippen molar-refractivity contribution in [2.24, 2.45) is 0 Å². The van der Waals surface area contributed by atoms with E-state index in [9.17, 15) is 4.79 Å². The van der Waals surface area contributed by atoms with Crippen molar-refractivity contribution in [3.05, 3.63) is 59.1 Å². The van der Waals surface area contributed by atoms with Gasteiger partial charge >= 0.3 is 0 Å². The maximum Gasteiger partial charge on any atom is 0.265 e. The van der Waals surface area contributed by atoms with Crippen molar-refractivity contribution in [1.29, 1.82) is 0 Å². The van der Waals surface area contributed by atoms with E-state index < -0.39 is 0 Å². The zero-order valence-corrected chi connectivity index (χ0v) is 10.9. The predicted octanol–water partition coefficient (Wildman–Crippen LogP) is 1.98. The largest absolute Gasteiger partial charge is 0.495 e. The summed E-state index contributed by atoms with van der Waals surface area (Å²) < 4.78 is 6.58. The van der Waals surface area contributed by atoms with Gasteiger partial charge in [-0.15, -0.1) is 0 Å². The highest BCUT2D eigenvalue weighted by molar-refractivity contribution is 5.77. The third-order valence-electron chi connectivity index (χ3n) is 3.16. The highest BCUT2D eigenvalue weighted by Crippen LogP contribution is 2.23. The minimum Gasteiger partial charge on any atom is -0.495 e. The highest BCUT2D eigenvalue weighted by Gasteiger charge is 2.07. The Morgan fingerprint density at radius 1 is 1.20 bits per heavy atom. The Morgan fingerprint density at radius 3 is 2.75 bits per heavy atom. The normalized spacial score (nSPS) is 10.7. The van der Waals surface area contributed by atoms with E-state index >= 15 is 0 Å². The third-order valence-corrected chi connectivity index (χ3v) is 3.16. The number of methoxy groups -OCH3 is 1. The molecular formula is C15H13N3O2. The number of rotatable bonds is 2. The van der Waals surface area contributed by atoms with Crippen LogP contribution in [-0.4, -0.2) is 16.7 Å².